The van der Waals surface area contributed by atoms with Crippen molar-refractivity contribution in [3.63, 3.8) is 0 Å². The SMILES string of the molecule is COc1ccc(-c2cc(C(F)(F)F)nc(SCC(=O)Nc3c(C)n(C)n(-c4ccccc4)c3=O)n2)cc1. The molecule has 4 aromatic rings. The molecule has 0 unspecified atom stereocenters. The Morgan fingerprint density at radius 1 is 1.08 bits per heavy atom. The zero-order valence-corrected chi connectivity index (χ0v) is 20.9. The lowest BCUT2D eigenvalue weighted by molar-refractivity contribution is -0.141. The number of benzene rings is 2. The maximum atomic E-state index is 13.5. The first-order chi connectivity index (χ1) is 17.6. The molecular formula is C25H22F3N5O3S. The quantitative estimate of drug-likeness (QED) is 0.276. The summed E-state index contributed by atoms with van der Waals surface area (Å²) in [6, 6.07) is 16.1. The van der Waals surface area contributed by atoms with Crippen LogP contribution in [-0.4, -0.2) is 38.1 Å². The fraction of sp³-hybridized carbons (Fsp3) is 0.200. The Balaban J connectivity index is 1.55. The predicted octanol–water partition coefficient (Wildman–Crippen LogP) is 4.70. The van der Waals surface area contributed by atoms with Gasteiger partial charge in [0, 0.05) is 12.6 Å². The number of carbonyl (C=O) groups is 1. The minimum absolute atomic E-state index is 0.0533. The Kier molecular flexibility index (Phi) is 7.39. The highest BCUT2D eigenvalue weighted by Crippen LogP contribution is 2.32. The summed E-state index contributed by atoms with van der Waals surface area (Å²) in [6.07, 6.45) is -4.70. The molecule has 0 radical (unpaired) electrons. The highest BCUT2D eigenvalue weighted by atomic mass is 32.2. The van der Waals surface area contributed by atoms with Crippen LogP contribution in [0.2, 0.25) is 0 Å². The van der Waals surface area contributed by atoms with Gasteiger partial charge in [0.1, 0.15) is 17.1 Å². The molecule has 0 saturated heterocycles. The second kappa shape index (κ2) is 10.5. The van der Waals surface area contributed by atoms with Crippen molar-refractivity contribution in [1.82, 2.24) is 19.3 Å². The number of hydrogen-bond donors (Lipinski definition) is 1. The Morgan fingerprint density at radius 2 is 1.76 bits per heavy atom. The number of anilines is 1. The van der Waals surface area contributed by atoms with Crippen LogP contribution in [0.1, 0.15) is 11.4 Å². The van der Waals surface area contributed by atoms with E-state index in [-0.39, 0.29) is 22.3 Å². The number of halogens is 3. The lowest BCUT2D eigenvalue weighted by Gasteiger charge is -2.11. The molecule has 8 nitrogen and oxygen atoms in total. The van der Waals surface area contributed by atoms with Crippen molar-refractivity contribution >= 4 is 23.4 Å². The number of alkyl halides is 3. The van der Waals surface area contributed by atoms with Gasteiger partial charge in [-0.25, -0.2) is 14.6 Å². The summed E-state index contributed by atoms with van der Waals surface area (Å²) in [5.41, 5.74) is 0.156. The highest BCUT2D eigenvalue weighted by Gasteiger charge is 2.34. The van der Waals surface area contributed by atoms with E-state index in [1.807, 2.05) is 6.07 Å². The van der Waals surface area contributed by atoms with E-state index in [9.17, 15) is 22.8 Å². The molecule has 0 aliphatic rings. The fourth-order valence-electron chi connectivity index (χ4n) is 3.56. The Hall–Kier alpha value is -4.06. The lowest BCUT2D eigenvalue weighted by atomic mass is 10.1. The van der Waals surface area contributed by atoms with Crippen LogP contribution in [0.15, 0.2) is 70.6 Å². The average Bonchev–Trinajstić information content (AvgIpc) is 3.10. The van der Waals surface area contributed by atoms with E-state index in [0.717, 1.165) is 17.8 Å². The van der Waals surface area contributed by atoms with E-state index in [1.54, 1.807) is 67.2 Å². The van der Waals surface area contributed by atoms with Gasteiger partial charge in [-0.1, -0.05) is 30.0 Å². The fourth-order valence-corrected chi connectivity index (χ4v) is 4.22. The van der Waals surface area contributed by atoms with E-state index in [4.69, 9.17) is 4.74 Å². The molecule has 0 atom stereocenters. The molecule has 1 amide bonds. The average molecular weight is 530 g/mol. The van der Waals surface area contributed by atoms with Gasteiger partial charge in [-0.3, -0.25) is 14.3 Å². The predicted molar refractivity (Wildman–Crippen MR) is 134 cm³/mol. The monoisotopic (exact) mass is 529 g/mol. The first-order valence-corrected chi connectivity index (χ1v) is 11.9. The molecule has 192 valence electrons. The Morgan fingerprint density at radius 3 is 2.38 bits per heavy atom. The molecule has 0 aliphatic carbocycles. The number of methoxy groups -OCH3 is 1. The first kappa shape index (κ1) is 26.0. The van der Waals surface area contributed by atoms with Gasteiger partial charge in [-0.2, -0.15) is 13.2 Å². The zero-order chi connectivity index (χ0) is 26.7. The van der Waals surface area contributed by atoms with Crippen molar-refractivity contribution in [2.24, 2.45) is 7.05 Å². The number of carbonyl (C=O) groups excluding carboxylic acids is 1. The summed E-state index contributed by atoms with van der Waals surface area (Å²) in [5.74, 6) is -0.340. The number of amides is 1. The maximum absolute atomic E-state index is 13.5. The molecule has 37 heavy (non-hydrogen) atoms. The summed E-state index contributed by atoms with van der Waals surface area (Å²) in [5, 5.41) is 2.36. The zero-order valence-electron chi connectivity index (χ0n) is 20.0. The molecule has 0 aliphatic heterocycles. The van der Waals surface area contributed by atoms with Crippen molar-refractivity contribution in [2.75, 3.05) is 18.2 Å². The third-order valence-electron chi connectivity index (χ3n) is 5.53. The standard InChI is InChI=1S/C25H22F3N5O3S/c1-15-22(23(35)33(32(15)2)17-7-5-4-6-8-17)31-21(34)14-37-24-29-19(13-20(30-24)25(26,27)28)16-9-11-18(36-3)12-10-16/h4-13H,14H2,1-3H3,(H,31,34). The van der Waals surface area contributed by atoms with Crippen LogP contribution in [-0.2, 0) is 18.0 Å². The summed E-state index contributed by atoms with van der Waals surface area (Å²) >= 11 is 0.739. The normalized spacial score (nSPS) is 11.4. The lowest BCUT2D eigenvalue weighted by Crippen LogP contribution is -2.23. The van der Waals surface area contributed by atoms with Crippen LogP contribution < -0.4 is 15.6 Å². The number of aromatic nitrogens is 4. The molecule has 0 spiro atoms. The Labute approximate surface area is 214 Å². The number of nitrogens with one attached hydrogen (secondary N) is 1. The van der Waals surface area contributed by atoms with Crippen molar-refractivity contribution in [3.05, 3.63) is 82.4 Å². The van der Waals surface area contributed by atoms with Crippen LogP contribution >= 0.6 is 11.8 Å². The number of hydrogen-bond acceptors (Lipinski definition) is 6. The number of rotatable bonds is 7. The second-order valence-electron chi connectivity index (χ2n) is 7.92. The van der Waals surface area contributed by atoms with Crippen molar-refractivity contribution < 1.29 is 22.7 Å². The van der Waals surface area contributed by atoms with Crippen LogP contribution in [0.25, 0.3) is 16.9 Å². The van der Waals surface area contributed by atoms with E-state index < -0.39 is 23.3 Å². The van der Waals surface area contributed by atoms with Gasteiger partial charge in [-0.05, 0) is 49.4 Å². The van der Waals surface area contributed by atoms with Crippen LogP contribution in [0.3, 0.4) is 0 Å². The molecule has 12 heteroatoms. The van der Waals surface area contributed by atoms with Gasteiger partial charge >= 0.3 is 6.18 Å². The third-order valence-corrected chi connectivity index (χ3v) is 6.38. The second-order valence-corrected chi connectivity index (χ2v) is 8.86. The van der Waals surface area contributed by atoms with E-state index in [2.05, 4.69) is 15.3 Å². The maximum Gasteiger partial charge on any atom is 0.433 e. The minimum atomic E-state index is -4.70. The molecule has 4 rings (SSSR count). The van der Waals surface area contributed by atoms with Crippen molar-refractivity contribution in [1.29, 1.82) is 0 Å². The molecule has 2 aromatic carbocycles. The van der Waals surface area contributed by atoms with E-state index in [0.29, 0.717) is 22.7 Å². The topological polar surface area (TPSA) is 91.0 Å². The van der Waals surface area contributed by atoms with Gasteiger partial charge < -0.3 is 10.1 Å². The van der Waals surface area contributed by atoms with Gasteiger partial charge in [-0.15, -0.1) is 0 Å². The third kappa shape index (κ3) is 5.69. The van der Waals surface area contributed by atoms with Crippen LogP contribution in [0, 0.1) is 6.92 Å². The first-order valence-electron chi connectivity index (χ1n) is 11.0. The molecule has 0 bridgehead atoms. The molecule has 1 N–H and O–H groups in total. The van der Waals surface area contributed by atoms with E-state index in [1.165, 1.54) is 11.8 Å². The van der Waals surface area contributed by atoms with Gasteiger partial charge in [0.2, 0.25) is 5.91 Å². The van der Waals surface area contributed by atoms with Crippen molar-refractivity contribution in [3.8, 4) is 22.7 Å². The number of nitrogens with zero attached hydrogens (tertiary/aromatic N) is 4. The van der Waals surface area contributed by atoms with Gasteiger partial charge in [0.05, 0.1) is 29.9 Å². The van der Waals surface area contributed by atoms with Gasteiger partial charge in [0.15, 0.2) is 5.16 Å². The number of thioether (sulfide) groups is 1. The Bertz CT molecular complexity index is 1480. The molecule has 2 heterocycles. The number of ether oxygens (including phenoxy) is 1. The van der Waals surface area contributed by atoms with Crippen molar-refractivity contribution in [2.45, 2.75) is 18.3 Å². The highest BCUT2D eigenvalue weighted by molar-refractivity contribution is 7.99. The largest absolute Gasteiger partial charge is 0.497 e. The summed E-state index contributed by atoms with van der Waals surface area (Å²) in [6.45, 7) is 1.68. The van der Waals surface area contributed by atoms with Crippen LogP contribution in [0.5, 0.6) is 5.75 Å². The molecule has 2 aromatic heterocycles. The van der Waals surface area contributed by atoms with Gasteiger partial charge in [0.25, 0.3) is 5.56 Å². The van der Waals surface area contributed by atoms with Crippen LogP contribution in [0.4, 0.5) is 18.9 Å². The van der Waals surface area contributed by atoms with E-state index >= 15 is 0 Å². The summed E-state index contributed by atoms with van der Waals surface area (Å²) in [7, 11) is 3.17. The minimum Gasteiger partial charge on any atom is -0.497 e. The molecule has 0 fully saturated rings. The number of para-hydroxylation sites is 1. The molecular weight excluding hydrogens is 507 g/mol. The molecule has 0 saturated carbocycles. The summed E-state index contributed by atoms with van der Waals surface area (Å²) in [4.78, 5) is 33.5. The smallest absolute Gasteiger partial charge is 0.433 e. The summed E-state index contributed by atoms with van der Waals surface area (Å²) < 4.78 is 48.6.